The van der Waals surface area contributed by atoms with Crippen LogP contribution in [-0.2, 0) is 4.79 Å². The number of thioether (sulfide) groups is 1. The first kappa shape index (κ1) is 13.4. The van der Waals surface area contributed by atoms with Crippen LogP contribution in [0.25, 0.3) is 0 Å². The second-order valence-electron chi connectivity index (χ2n) is 3.75. The number of rotatable bonds is 4. The van der Waals surface area contributed by atoms with E-state index in [0.29, 0.717) is 10.7 Å². The van der Waals surface area contributed by atoms with Gasteiger partial charge in [-0.3, -0.25) is 4.79 Å². The summed E-state index contributed by atoms with van der Waals surface area (Å²) in [5, 5.41) is 3.20. The number of nitrogens with one attached hydrogen (secondary N) is 1. The summed E-state index contributed by atoms with van der Waals surface area (Å²) in [5.41, 5.74) is 6.26. The van der Waals surface area contributed by atoms with E-state index in [2.05, 4.69) is 10.3 Å². The van der Waals surface area contributed by atoms with Crippen molar-refractivity contribution in [3.8, 4) is 0 Å². The molecule has 6 heteroatoms. The SMILES string of the molecule is Nc1ccc(SCC(=O)Nc2ccccc2F)nc1. The minimum Gasteiger partial charge on any atom is -0.397 e. The lowest BCUT2D eigenvalue weighted by Gasteiger charge is -2.05. The van der Waals surface area contributed by atoms with Crippen molar-refractivity contribution in [1.82, 2.24) is 4.98 Å². The third-order valence-corrected chi connectivity index (χ3v) is 3.20. The van der Waals surface area contributed by atoms with E-state index in [-0.39, 0.29) is 17.3 Å². The molecule has 1 heterocycles. The van der Waals surface area contributed by atoms with Gasteiger partial charge in [-0.15, -0.1) is 0 Å². The summed E-state index contributed by atoms with van der Waals surface area (Å²) in [4.78, 5) is 15.7. The summed E-state index contributed by atoms with van der Waals surface area (Å²) < 4.78 is 13.3. The molecule has 1 aromatic heterocycles. The lowest BCUT2D eigenvalue weighted by atomic mass is 10.3. The van der Waals surface area contributed by atoms with Crippen LogP contribution in [-0.4, -0.2) is 16.6 Å². The number of carbonyl (C=O) groups excluding carboxylic acids is 1. The first-order valence-corrected chi connectivity index (χ1v) is 6.52. The number of halogens is 1. The average molecular weight is 277 g/mol. The number of para-hydroxylation sites is 1. The van der Waals surface area contributed by atoms with Crippen molar-refractivity contribution in [2.75, 3.05) is 16.8 Å². The molecule has 0 aliphatic carbocycles. The highest BCUT2D eigenvalue weighted by molar-refractivity contribution is 7.99. The number of anilines is 2. The fourth-order valence-corrected chi connectivity index (χ4v) is 2.01. The Morgan fingerprint density at radius 3 is 2.79 bits per heavy atom. The Morgan fingerprint density at radius 1 is 1.32 bits per heavy atom. The molecule has 0 aliphatic rings. The summed E-state index contributed by atoms with van der Waals surface area (Å²) in [6.45, 7) is 0. The second-order valence-corrected chi connectivity index (χ2v) is 4.74. The molecule has 0 spiro atoms. The van der Waals surface area contributed by atoms with Crippen LogP contribution in [0.3, 0.4) is 0 Å². The zero-order chi connectivity index (χ0) is 13.7. The van der Waals surface area contributed by atoms with Gasteiger partial charge in [0.2, 0.25) is 5.91 Å². The number of pyridine rings is 1. The highest BCUT2D eigenvalue weighted by Crippen LogP contribution is 2.17. The van der Waals surface area contributed by atoms with E-state index in [0.717, 1.165) is 0 Å². The minimum absolute atomic E-state index is 0.158. The standard InChI is InChI=1S/C13H12FN3OS/c14-10-3-1-2-4-11(10)17-12(18)8-19-13-6-5-9(15)7-16-13/h1-7H,8,15H2,(H,17,18). The first-order valence-electron chi connectivity index (χ1n) is 5.54. The molecule has 2 rings (SSSR count). The molecule has 0 radical (unpaired) electrons. The van der Waals surface area contributed by atoms with Gasteiger partial charge in [0.1, 0.15) is 5.82 Å². The van der Waals surface area contributed by atoms with E-state index in [9.17, 15) is 9.18 Å². The van der Waals surface area contributed by atoms with E-state index in [1.807, 2.05) is 0 Å². The van der Waals surface area contributed by atoms with Crippen molar-refractivity contribution in [3.63, 3.8) is 0 Å². The first-order chi connectivity index (χ1) is 9.15. The molecular weight excluding hydrogens is 265 g/mol. The minimum atomic E-state index is -0.452. The molecule has 0 aliphatic heterocycles. The zero-order valence-electron chi connectivity index (χ0n) is 9.97. The van der Waals surface area contributed by atoms with Crippen molar-refractivity contribution in [3.05, 3.63) is 48.4 Å². The summed E-state index contributed by atoms with van der Waals surface area (Å²) in [7, 11) is 0. The van der Waals surface area contributed by atoms with Crippen molar-refractivity contribution in [2.45, 2.75) is 5.03 Å². The van der Waals surface area contributed by atoms with Crippen molar-refractivity contribution in [1.29, 1.82) is 0 Å². The molecule has 0 unspecified atom stereocenters. The lowest BCUT2D eigenvalue weighted by molar-refractivity contribution is -0.113. The maximum absolute atomic E-state index is 13.3. The summed E-state index contributed by atoms with van der Waals surface area (Å²) >= 11 is 1.26. The average Bonchev–Trinajstić information content (AvgIpc) is 2.41. The van der Waals surface area contributed by atoms with Crippen LogP contribution < -0.4 is 11.1 Å². The largest absolute Gasteiger partial charge is 0.397 e. The topological polar surface area (TPSA) is 68.0 Å². The van der Waals surface area contributed by atoms with Crippen LogP contribution in [0.15, 0.2) is 47.6 Å². The Bertz CT molecular complexity index is 574. The molecule has 4 nitrogen and oxygen atoms in total. The van der Waals surface area contributed by atoms with Crippen LogP contribution >= 0.6 is 11.8 Å². The van der Waals surface area contributed by atoms with Crippen molar-refractivity contribution in [2.24, 2.45) is 0 Å². The van der Waals surface area contributed by atoms with Gasteiger partial charge in [0.05, 0.1) is 28.4 Å². The van der Waals surface area contributed by atoms with Gasteiger partial charge in [-0.1, -0.05) is 23.9 Å². The Kier molecular flexibility index (Phi) is 4.35. The molecule has 2 aromatic rings. The monoisotopic (exact) mass is 277 g/mol. The number of hydrogen-bond donors (Lipinski definition) is 2. The van der Waals surface area contributed by atoms with Crippen LogP contribution in [0.4, 0.5) is 15.8 Å². The second kappa shape index (κ2) is 6.19. The maximum atomic E-state index is 13.3. The van der Waals surface area contributed by atoms with E-state index in [4.69, 9.17) is 5.73 Å². The smallest absolute Gasteiger partial charge is 0.234 e. The third-order valence-electron chi connectivity index (χ3n) is 2.26. The Balaban J connectivity index is 1.88. The Labute approximate surface area is 114 Å². The molecule has 1 aromatic carbocycles. The van der Waals surface area contributed by atoms with Crippen LogP contribution in [0.1, 0.15) is 0 Å². The Morgan fingerprint density at radius 2 is 2.11 bits per heavy atom. The van der Waals surface area contributed by atoms with Gasteiger partial charge in [0, 0.05) is 0 Å². The summed E-state index contributed by atoms with van der Waals surface area (Å²) in [6.07, 6.45) is 1.52. The number of nitrogens with zero attached hydrogens (tertiary/aromatic N) is 1. The molecule has 19 heavy (non-hydrogen) atoms. The highest BCUT2D eigenvalue weighted by atomic mass is 32.2. The number of amides is 1. The highest BCUT2D eigenvalue weighted by Gasteiger charge is 2.07. The molecule has 0 fully saturated rings. The van der Waals surface area contributed by atoms with Gasteiger partial charge in [-0.2, -0.15) is 0 Å². The predicted octanol–water partition coefficient (Wildman–Crippen LogP) is 2.53. The van der Waals surface area contributed by atoms with Crippen molar-refractivity contribution < 1.29 is 9.18 Å². The van der Waals surface area contributed by atoms with Gasteiger partial charge in [0.15, 0.2) is 0 Å². The summed E-state index contributed by atoms with van der Waals surface area (Å²) in [5.74, 6) is -0.578. The van der Waals surface area contributed by atoms with E-state index < -0.39 is 5.82 Å². The zero-order valence-corrected chi connectivity index (χ0v) is 10.8. The molecule has 1 amide bonds. The van der Waals surface area contributed by atoms with E-state index in [1.165, 1.54) is 30.1 Å². The number of benzene rings is 1. The molecule has 0 atom stereocenters. The van der Waals surface area contributed by atoms with Crippen molar-refractivity contribution >= 4 is 29.0 Å². The van der Waals surface area contributed by atoms with Crippen LogP contribution in [0.5, 0.6) is 0 Å². The molecular formula is C13H12FN3OS. The number of nitrogen functional groups attached to an aromatic ring is 1. The van der Waals surface area contributed by atoms with E-state index in [1.54, 1.807) is 24.3 Å². The quantitative estimate of drug-likeness (QED) is 0.843. The van der Waals surface area contributed by atoms with Gasteiger partial charge in [0.25, 0.3) is 0 Å². The van der Waals surface area contributed by atoms with Gasteiger partial charge in [-0.25, -0.2) is 9.37 Å². The summed E-state index contributed by atoms with van der Waals surface area (Å²) in [6, 6.07) is 9.48. The van der Waals surface area contributed by atoms with Gasteiger partial charge < -0.3 is 11.1 Å². The maximum Gasteiger partial charge on any atom is 0.234 e. The fraction of sp³-hybridized carbons (Fsp3) is 0.0769. The molecule has 98 valence electrons. The number of nitrogens with two attached hydrogens (primary N) is 1. The normalized spacial score (nSPS) is 10.2. The number of carbonyl (C=O) groups is 1. The lowest BCUT2D eigenvalue weighted by Crippen LogP contribution is -2.15. The molecule has 0 saturated heterocycles. The fourth-order valence-electron chi connectivity index (χ4n) is 1.37. The van der Waals surface area contributed by atoms with Crippen LogP contribution in [0.2, 0.25) is 0 Å². The molecule has 0 saturated carbocycles. The number of hydrogen-bond acceptors (Lipinski definition) is 4. The Hall–Kier alpha value is -2.08. The van der Waals surface area contributed by atoms with Gasteiger partial charge >= 0.3 is 0 Å². The molecule has 0 bridgehead atoms. The van der Waals surface area contributed by atoms with Gasteiger partial charge in [-0.05, 0) is 24.3 Å². The molecule has 3 N–H and O–H groups in total. The third kappa shape index (κ3) is 3.96. The predicted molar refractivity (Wildman–Crippen MR) is 74.4 cm³/mol. The van der Waals surface area contributed by atoms with E-state index >= 15 is 0 Å². The van der Waals surface area contributed by atoms with Crippen LogP contribution in [0, 0.1) is 5.82 Å². The number of aromatic nitrogens is 1.